The van der Waals surface area contributed by atoms with Crippen molar-refractivity contribution in [3.05, 3.63) is 36.9 Å². The highest BCUT2D eigenvalue weighted by atomic mass is 16.3. The molecule has 2 aromatic rings. The van der Waals surface area contributed by atoms with Gasteiger partial charge in [0.25, 0.3) is 0 Å². The number of hydrogen-bond donors (Lipinski definition) is 2. The van der Waals surface area contributed by atoms with Gasteiger partial charge in [-0.25, -0.2) is 9.97 Å². The minimum absolute atomic E-state index is 0.183. The van der Waals surface area contributed by atoms with Gasteiger partial charge >= 0.3 is 0 Å². The van der Waals surface area contributed by atoms with Crippen LogP contribution in [0.15, 0.2) is 36.9 Å². The quantitative estimate of drug-likeness (QED) is 0.809. The molecule has 4 rings (SSSR count). The predicted octanol–water partition coefficient (Wildman–Crippen LogP) is 2.16. The van der Waals surface area contributed by atoms with Gasteiger partial charge in [0.2, 0.25) is 0 Å². The van der Waals surface area contributed by atoms with Crippen molar-refractivity contribution in [2.45, 2.75) is 31.7 Å². The standard InChI is InChI=1S/C20H28N6O/c27-14-18-2-1-9-26(18)20-12-19(23-15-24-20)22-13-16-5-10-25(11-6-16)17-3-7-21-8-4-17/h3-4,7-8,12,15-16,18,27H,1-2,5-6,9-11,13-14H2,(H,22,23,24). The van der Waals surface area contributed by atoms with Gasteiger partial charge in [0.15, 0.2) is 0 Å². The zero-order valence-corrected chi connectivity index (χ0v) is 15.7. The molecule has 2 fully saturated rings. The molecule has 0 radical (unpaired) electrons. The zero-order valence-electron chi connectivity index (χ0n) is 15.7. The molecule has 27 heavy (non-hydrogen) atoms. The fourth-order valence-corrected chi connectivity index (χ4v) is 4.13. The number of nitrogens with zero attached hydrogens (tertiary/aromatic N) is 5. The average Bonchev–Trinajstić information content (AvgIpc) is 3.22. The van der Waals surface area contributed by atoms with E-state index in [9.17, 15) is 5.11 Å². The summed E-state index contributed by atoms with van der Waals surface area (Å²) in [5.41, 5.74) is 1.26. The first kappa shape index (κ1) is 18.0. The summed E-state index contributed by atoms with van der Waals surface area (Å²) in [5.74, 6) is 2.44. The van der Waals surface area contributed by atoms with Crippen LogP contribution in [-0.4, -0.2) is 58.9 Å². The molecule has 2 aliphatic rings. The molecule has 4 heterocycles. The van der Waals surface area contributed by atoms with E-state index in [1.54, 1.807) is 6.33 Å². The first-order valence-electron chi connectivity index (χ1n) is 9.92. The molecule has 0 saturated carbocycles. The third-order valence-electron chi connectivity index (χ3n) is 5.75. The molecule has 144 valence electrons. The highest BCUT2D eigenvalue weighted by Crippen LogP contribution is 2.26. The largest absolute Gasteiger partial charge is 0.394 e. The molecule has 2 N–H and O–H groups in total. The van der Waals surface area contributed by atoms with Crippen molar-refractivity contribution in [2.75, 3.05) is 47.9 Å². The van der Waals surface area contributed by atoms with Crippen LogP contribution in [-0.2, 0) is 0 Å². The van der Waals surface area contributed by atoms with Gasteiger partial charge in [0.1, 0.15) is 18.0 Å². The predicted molar refractivity (Wildman–Crippen MR) is 107 cm³/mol. The lowest BCUT2D eigenvalue weighted by atomic mass is 9.96. The number of rotatable bonds is 6. The maximum atomic E-state index is 9.54. The van der Waals surface area contributed by atoms with Crippen LogP contribution in [0.1, 0.15) is 25.7 Å². The van der Waals surface area contributed by atoms with Crippen LogP contribution in [0.4, 0.5) is 17.3 Å². The molecule has 1 unspecified atom stereocenters. The van der Waals surface area contributed by atoms with E-state index < -0.39 is 0 Å². The van der Waals surface area contributed by atoms with Crippen LogP contribution in [0, 0.1) is 5.92 Å². The van der Waals surface area contributed by atoms with Gasteiger partial charge in [-0.05, 0) is 43.7 Å². The Morgan fingerprint density at radius 1 is 1.07 bits per heavy atom. The number of anilines is 3. The van der Waals surface area contributed by atoms with E-state index in [-0.39, 0.29) is 12.6 Å². The van der Waals surface area contributed by atoms with E-state index >= 15 is 0 Å². The number of nitrogens with one attached hydrogen (secondary N) is 1. The van der Waals surface area contributed by atoms with Gasteiger partial charge in [0, 0.05) is 50.3 Å². The second-order valence-electron chi connectivity index (χ2n) is 7.45. The monoisotopic (exact) mass is 368 g/mol. The summed E-state index contributed by atoms with van der Waals surface area (Å²) in [6.07, 6.45) is 9.82. The van der Waals surface area contributed by atoms with Crippen molar-refractivity contribution in [1.29, 1.82) is 0 Å². The van der Waals surface area contributed by atoms with Crippen molar-refractivity contribution in [1.82, 2.24) is 15.0 Å². The summed E-state index contributed by atoms with van der Waals surface area (Å²) >= 11 is 0. The van der Waals surface area contributed by atoms with E-state index in [2.05, 4.69) is 42.2 Å². The fraction of sp³-hybridized carbons (Fsp3) is 0.550. The Labute approximate surface area is 160 Å². The maximum Gasteiger partial charge on any atom is 0.134 e. The Morgan fingerprint density at radius 2 is 1.89 bits per heavy atom. The average molecular weight is 368 g/mol. The molecule has 0 bridgehead atoms. The van der Waals surface area contributed by atoms with Gasteiger partial charge in [-0.1, -0.05) is 0 Å². The summed E-state index contributed by atoms with van der Waals surface area (Å²) < 4.78 is 0. The Hall–Kier alpha value is -2.41. The Morgan fingerprint density at radius 3 is 2.67 bits per heavy atom. The van der Waals surface area contributed by atoms with Gasteiger partial charge < -0.3 is 20.2 Å². The summed E-state index contributed by atoms with van der Waals surface area (Å²) in [5, 5.41) is 13.0. The molecule has 7 heteroatoms. The number of hydrogen-bond acceptors (Lipinski definition) is 7. The molecule has 1 atom stereocenters. The van der Waals surface area contributed by atoms with Gasteiger partial charge in [0.05, 0.1) is 12.6 Å². The summed E-state index contributed by atoms with van der Waals surface area (Å²) in [6, 6.07) is 6.36. The van der Waals surface area contributed by atoms with Crippen molar-refractivity contribution in [3.8, 4) is 0 Å². The fourth-order valence-electron chi connectivity index (χ4n) is 4.13. The SMILES string of the molecule is OCC1CCCN1c1cc(NCC2CCN(c3ccncc3)CC2)ncn1. The van der Waals surface area contributed by atoms with Gasteiger partial charge in [-0.15, -0.1) is 0 Å². The van der Waals surface area contributed by atoms with Crippen molar-refractivity contribution in [3.63, 3.8) is 0 Å². The zero-order chi connectivity index (χ0) is 18.5. The second-order valence-corrected chi connectivity index (χ2v) is 7.45. The number of aliphatic hydroxyl groups excluding tert-OH is 1. The Bertz CT molecular complexity index is 719. The third kappa shape index (κ3) is 4.30. The van der Waals surface area contributed by atoms with Gasteiger partial charge in [-0.2, -0.15) is 0 Å². The van der Waals surface area contributed by atoms with Crippen LogP contribution >= 0.6 is 0 Å². The topological polar surface area (TPSA) is 77.4 Å². The minimum atomic E-state index is 0.183. The molecule has 2 aromatic heterocycles. The Balaban J connectivity index is 1.29. The summed E-state index contributed by atoms with van der Waals surface area (Å²) in [7, 11) is 0. The smallest absolute Gasteiger partial charge is 0.134 e. The molecule has 0 aromatic carbocycles. The Kier molecular flexibility index (Phi) is 5.67. The van der Waals surface area contributed by atoms with Crippen LogP contribution < -0.4 is 15.1 Å². The van der Waals surface area contributed by atoms with E-state index in [1.807, 2.05) is 18.5 Å². The first-order chi connectivity index (χ1) is 13.3. The molecule has 7 nitrogen and oxygen atoms in total. The van der Waals surface area contributed by atoms with Gasteiger partial charge in [-0.3, -0.25) is 4.98 Å². The summed E-state index contributed by atoms with van der Waals surface area (Å²) in [6.45, 7) is 4.23. The lowest BCUT2D eigenvalue weighted by molar-refractivity contribution is 0.266. The summed E-state index contributed by atoms with van der Waals surface area (Å²) in [4.78, 5) is 17.5. The highest BCUT2D eigenvalue weighted by molar-refractivity contribution is 5.50. The number of piperidine rings is 1. The highest BCUT2D eigenvalue weighted by Gasteiger charge is 2.25. The first-order valence-corrected chi connectivity index (χ1v) is 9.92. The molecule has 0 spiro atoms. The van der Waals surface area contributed by atoms with Crippen LogP contribution in [0.2, 0.25) is 0 Å². The number of pyridine rings is 1. The molecule has 2 aliphatic heterocycles. The molecule has 2 saturated heterocycles. The molecular weight excluding hydrogens is 340 g/mol. The van der Waals surface area contributed by atoms with E-state index in [0.29, 0.717) is 5.92 Å². The lowest BCUT2D eigenvalue weighted by Gasteiger charge is -2.33. The van der Waals surface area contributed by atoms with Crippen molar-refractivity contribution in [2.24, 2.45) is 5.92 Å². The van der Waals surface area contributed by atoms with Crippen LogP contribution in [0.5, 0.6) is 0 Å². The maximum absolute atomic E-state index is 9.54. The molecule has 0 amide bonds. The number of aliphatic hydroxyl groups is 1. The van der Waals surface area contributed by atoms with Crippen molar-refractivity contribution < 1.29 is 5.11 Å². The minimum Gasteiger partial charge on any atom is -0.394 e. The third-order valence-corrected chi connectivity index (χ3v) is 5.75. The van der Waals surface area contributed by atoms with E-state index in [0.717, 1.165) is 50.7 Å². The van der Waals surface area contributed by atoms with E-state index in [4.69, 9.17) is 0 Å². The number of aromatic nitrogens is 3. The van der Waals surface area contributed by atoms with Crippen molar-refractivity contribution >= 4 is 17.3 Å². The molecular formula is C20H28N6O. The van der Waals surface area contributed by atoms with Crippen LogP contribution in [0.3, 0.4) is 0 Å². The van der Waals surface area contributed by atoms with E-state index in [1.165, 1.54) is 18.5 Å². The second kappa shape index (κ2) is 8.52. The normalized spacial score (nSPS) is 20.9. The lowest BCUT2D eigenvalue weighted by Crippen LogP contribution is -2.36. The van der Waals surface area contributed by atoms with Crippen LogP contribution in [0.25, 0.3) is 0 Å². The molecule has 0 aliphatic carbocycles.